The van der Waals surface area contributed by atoms with Crippen molar-refractivity contribution in [3.63, 3.8) is 0 Å². The number of benzene rings is 1. The first-order valence-corrected chi connectivity index (χ1v) is 8.42. The molecule has 0 saturated carbocycles. The van der Waals surface area contributed by atoms with E-state index in [1.165, 1.54) is 24.3 Å². The van der Waals surface area contributed by atoms with Crippen LogP contribution in [0.25, 0.3) is 0 Å². The van der Waals surface area contributed by atoms with E-state index in [1.807, 2.05) is 0 Å². The highest BCUT2D eigenvalue weighted by Gasteiger charge is 2.13. The molecule has 1 N–H and O–H groups in total. The highest BCUT2D eigenvalue weighted by molar-refractivity contribution is 7.90. The van der Waals surface area contributed by atoms with Gasteiger partial charge < -0.3 is 10.0 Å². The van der Waals surface area contributed by atoms with Crippen LogP contribution in [0, 0.1) is 0 Å². The van der Waals surface area contributed by atoms with Gasteiger partial charge in [-0.3, -0.25) is 4.79 Å². The second-order valence-corrected chi connectivity index (χ2v) is 6.82. The van der Waals surface area contributed by atoms with Crippen LogP contribution in [0.5, 0.6) is 0 Å². The van der Waals surface area contributed by atoms with Crippen molar-refractivity contribution >= 4 is 15.7 Å². The first-order valence-electron chi connectivity index (χ1n) is 6.52. The minimum Gasteiger partial charge on any atom is -0.396 e. The second-order valence-electron chi connectivity index (χ2n) is 4.81. The zero-order valence-electron chi connectivity index (χ0n) is 11.9. The third-order valence-electron chi connectivity index (χ3n) is 3.03. The average Bonchev–Trinajstić information content (AvgIpc) is 2.41. The molecule has 0 aliphatic heterocycles. The van der Waals surface area contributed by atoms with Crippen molar-refractivity contribution in [3.8, 4) is 0 Å². The first-order chi connectivity index (χ1) is 9.36. The monoisotopic (exact) mass is 299 g/mol. The van der Waals surface area contributed by atoms with Crippen LogP contribution in [-0.2, 0) is 9.84 Å². The molecule has 0 radical (unpaired) electrons. The van der Waals surface area contributed by atoms with Crippen molar-refractivity contribution in [1.29, 1.82) is 0 Å². The molecule has 1 aromatic rings. The highest BCUT2D eigenvalue weighted by Crippen LogP contribution is 2.12. The average molecular weight is 299 g/mol. The van der Waals surface area contributed by atoms with Crippen molar-refractivity contribution in [2.75, 3.05) is 26.5 Å². The van der Waals surface area contributed by atoms with Crippen LogP contribution in [0.15, 0.2) is 29.2 Å². The van der Waals surface area contributed by atoms with Gasteiger partial charge in [-0.1, -0.05) is 0 Å². The smallest absolute Gasteiger partial charge is 0.253 e. The Kier molecular flexibility index (Phi) is 6.16. The lowest BCUT2D eigenvalue weighted by molar-refractivity contribution is 0.0792. The van der Waals surface area contributed by atoms with E-state index in [9.17, 15) is 13.2 Å². The number of unbranched alkanes of at least 4 members (excludes halogenated alkanes) is 2. The van der Waals surface area contributed by atoms with Crippen LogP contribution in [0.2, 0.25) is 0 Å². The maximum absolute atomic E-state index is 12.1. The van der Waals surface area contributed by atoms with Gasteiger partial charge in [-0.05, 0) is 43.5 Å². The molecule has 0 fully saturated rings. The van der Waals surface area contributed by atoms with E-state index in [4.69, 9.17) is 5.11 Å². The molecule has 0 unspecified atom stereocenters. The summed E-state index contributed by atoms with van der Waals surface area (Å²) < 4.78 is 22.7. The number of hydrogen-bond donors (Lipinski definition) is 1. The summed E-state index contributed by atoms with van der Waals surface area (Å²) in [4.78, 5) is 13.9. The number of nitrogens with zero attached hydrogens (tertiary/aromatic N) is 1. The van der Waals surface area contributed by atoms with Gasteiger partial charge in [-0.15, -0.1) is 0 Å². The van der Waals surface area contributed by atoms with Gasteiger partial charge in [0.1, 0.15) is 0 Å². The molecule has 0 bridgehead atoms. The van der Waals surface area contributed by atoms with Crippen LogP contribution in [0.3, 0.4) is 0 Å². The number of carbonyl (C=O) groups excluding carboxylic acids is 1. The maximum atomic E-state index is 12.1. The number of carbonyl (C=O) groups is 1. The first kappa shape index (κ1) is 16.7. The van der Waals surface area contributed by atoms with Gasteiger partial charge in [-0.2, -0.15) is 0 Å². The minimum atomic E-state index is -3.23. The van der Waals surface area contributed by atoms with E-state index in [-0.39, 0.29) is 17.4 Å². The van der Waals surface area contributed by atoms with Gasteiger partial charge in [0, 0.05) is 32.0 Å². The predicted molar refractivity (Wildman–Crippen MR) is 77.4 cm³/mol. The van der Waals surface area contributed by atoms with Crippen LogP contribution in [-0.4, -0.2) is 50.8 Å². The van der Waals surface area contributed by atoms with Gasteiger partial charge in [0.25, 0.3) is 5.91 Å². The molecule has 0 aliphatic carbocycles. The zero-order chi connectivity index (χ0) is 15.2. The topological polar surface area (TPSA) is 74.7 Å². The number of aliphatic hydroxyl groups excluding tert-OH is 1. The Morgan fingerprint density at radius 3 is 2.25 bits per heavy atom. The van der Waals surface area contributed by atoms with E-state index in [0.29, 0.717) is 12.1 Å². The molecule has 6 heteroatoms. The summed E-state index contributed by atoms with van der Waals surface area (Å²) in [6.45, 7) is 0.789. The molecule has 1 aromatic carbocycles. The van der Waals surface area contributed by atoms with Gasteiger partial charge in [0.15, 0.2) is 9.84 Å². The molecule has 20 heavy (non-hydrogen) atoms. The number of hydrogen-bond acceptors (Lipinski definition) is 4. The molecule has 0 aromatic heterocycles. The largest absolute Gasteiger partial charge is 0.396 e. The fraction of sp³-hybridized carbons (Fsp3) is 0.500. The Morgan fingerprint density at radius 2 is 1.75 bits per heavy atom. The molecule has 112 valence electrons. The zero-order valence-corrected chi connectivity index (χ0v) is 12.7. The molecule has 0 spiro atoms. The SMILES string of the molecule is CN(CCCCCO)C(=O)c1ccc(S(C)(=O)=O)cc1. The lowest BCUT2D eigenvalue weighted by Crippen LogP contribution is -2.27. The summed E-state index contributed by atoms with van der Waals surface area (Å²) >= 11 is 0. The normalized spacial score (nSPS) is 11.3. The van der Waals surface area contributed by atoms with Crippen LogP contribution >= 0.6 is 0 Å². The lowest BCUT2D eigenvalue weighted by Gasteiger charge is -2.17. The van der Waals surface area contributed by atoms with Crippen molar-refractivity contribution in [2.24, 2.45) is 0 Å². The van der Waals surface area contributed by atoms with E-state index in [1.54, 1.807) is 11.9 Å². The molecule has 1 amide bonds. The Bertz CT molecular complexity index is 537. The van der Waals surface area contributed by atoms with Crippen molar-refractivity contribution < 1.29 is 18.3 Å². The number of rotatable bonds is 7. The van der Waals surface area contributed by atoms with Crippen LogP contribution in [0.4, 0.5) is 0 Å². The molecule has 0 heterocycles. The molecule has 1 rings (SSSR count). The summed E-state index contributed by atoms with van der Waals surface area (Å²) in [7, 11) is -1.52. The minimum absolute atomic E-state index is 0.131. The molecule has 0 atom stereocenters. The Balaban J connectivity index is 2.63. The van der Waals surface area contributed by atoms with E-state index >= 15 is 0 Å². The standard InChI is InChI=1S/C14H21NO4S/c1-15(10-4-3-5-11-16)14(17)12-6-8-13(9-7-12)20(2,18)19/h6-9,16H,3-5,10-11H2,1-2H3. The molecule has 0 aliphatic rings. The number of amides is 1. The van der Waals surface area contributed by atoms with E-state index in [0.717, 1.165) is 25.5 Å². The van der Waals surface area contributed by atoms with Crippen LogP contribution < -0.4 is 0 Å². The Hall–Kier alpha value is -1.40. The van der Waals surface area contributed by atoms with E-state index in [2.05, 4.69) is 0 Å². The molecule has 0 saturated heterocycles. The van der Waals surface area contributed by atoms with Crippen molar-refractivity contribution in [1.82, 2.24) is 4.90 Å². The van der Waals surface area contributed by atoms with Crippen molar-refractivity contribution in [3.05, 3.63) is 29.8 Å². The maximum Gasteiger partial charge on any atom is 0.253 e. The second kappa shape index (κ2) is 7.40. The third kappa shape index (κ3) is 4.94. The summed E-state index contributed by atoms with van der Waals surface area (Å²) in [5.41, 5.74) is 0.474. The predicted octanol–water partition coefficient (Wildman–Crippen LogP) is 1.32. The molecular formula is C14H21NO4S. The lowest BCUT2D eigenvalue weighted by atomic mass is 10.2. The van der Waals surface area contributed by atoms with Crippen LogP contribution in [0.1, 0.15) is 29.6 Å². The quantitative estimate of drug-likeness (QED) is 0.771. The molecular weight excluding hydrogens is 278 g/mol. The Morgan fingerprint density at radius 1 is 1.15 bits per heavy atom. The van der Waals surface area contributed by atoms with Gasteiger partial charge in [-0.25, -0.2) is 8.42 Å². The summed E-state index contributed by atoms with van der Waals surface area (Å²) in [6, 6.07) is 5.95. The van der Waals surface area contributed by atoms with E-state index < -0.39 is 9.84 Å². The van der Waals surface area contributed by atoms with Gasteiger partial charge >= 0.3 is 0 Å². The molecule has 5 nitrogen and oxygen atoms in total. The number of aliphatic hydroxyl groups is 1. The fourth-order valence-corrected chi connectivity index (χ4v) is 2.43. The summed E-state index contributed by atoms with van der Waals surface area (Å²) in [6.07, 6.45) is 3.59. The highest BCUT2D eigenvalue weighted by atomic mass is 32.2. The third-order valence-corrected chi connectivity index (χ3v) is 4.16. The number of sulfone groups is 1. The van der Waals surface area contributed by atoms with Gasteiger partial charge in [0.2, 0.25) is 0 Å². The Labute approximate surface area is 120 Å². The van der Waals surface area contributed by atoms with Gasteiger partial charge in [0.05, 0.1) is 4.90 Å². The summed E-state index contributed by atoms with van der Waals surface area (Å²) in [5, 5.41) is 8.68. The fourth-order valence-electron chi connectivity index (χ4n) is 1.80. The summed E-state index contributed by atoms with van der Waals surface area (Å²) in [5.74, 6) is -0.131. The van der Waals surface area contributed by atoms with Crippen molar-refractivity contribution in [2.45, 2.75) is 24.2 Å².